The Bertz CT molecular complexity index is 536. The van der Waals surface area contributed by atoms with Crippen LogP contribution in [0.3, 0.4) is 0 Å². The minimum Gasteiger partial charge on any atom is -0.289 e. The van der Waals surface area contributed by atoms with Gasteiger partial charge in [-0.15, -0.1) is 6.58 Å². The highest BCUT2D eigenvalue weighted by atomic mass is 32.2. The minimum atomic E-state index is -0.300. The molecule has 1 heterocycles. The quantitative estimate of drug-likeness (QED) is 0.481. The van der Waals surface area contributed by atoms with Crippen LogP contribution in [-0.4, -0.2) is 21.7 Å². The van der Waals surface area contributed by atoms with Crippen LogP contribution in [0.4, 0.5) is 4.39 Å². The van der Waals surface area contributed by atoms with Crippen LogP contribution < -0.4 is 0 Å². The Hall–Kier alpha value is -1.46. The number of rotatable bonds is 3. The lowest BCUT2D eigenvalue weighted by atomic mass is 10.2. The molecule has 2 rings (SSSR count). The van der Waals surface area contributed by atoms with Crippen LogP contribution in [-0.2, 0) is 4.79 Å². The van der Waals surface area contributed by atoms with E-state index in [4.69, 9.17) is 12.2 Å². The van der Waals surface area contributed by atoms with E-state index in [2.05, 4.69) is 6.58 Å². The lowest BCUT2D eigenvalue weighted by Gasteiger charge is -2.10. The highest BCUT2D eigenvalue weighted by Gasteiger charge is 2.30. The molecule has 1 amide bonds. The monoisotopic (exact) mass is 279 g/mol. The van der Waals surface area contributed by atoms with E-state index < -0.39 is 0 Å². The summed E-state index contributed by atoms with van der Waals surface area (Å²) in [6.45, 7) is 4.00. The van der Waals surface area contributed by atoms with Crippen molar-refractivity contribution in [2.24, 2.45) is 0 Å². The zero-order valence-corrected chi connectivity index (χ0v) is 11.1. The number of benzene rings is 1. The van der Waals surface area contributed by atoms with E-state index in [1.807, 2.05) is 0 Å². The molecule has 0 aliphatic carbocycles. The predicted octanol–water partition coefficient (Wildman–Crippen LogP) is 3.21. The van der Waals surface area contributed by atoms with Crippen molar-refractivity contribution in [1.29, 1.82) is 0 Å². The molecule has 1 aliphatic rings. The van der Waals surface area contributed by atoms with E-state index in [9.17, 15) is 9.18 Å². The maximum absolute atomic E-state index is 12.8. The SMILES string of the molecule is C=CCN1C(=O)/C(=C\c2ccc(F)cc2)SC1=S. The van der Waals surface area contributed by atoms with E-state index in [1.165, 1.54) is 28.8 Å². The summed E-state index contributed by atoms with van der Waals surface area (Å²) in [6, 6.07) is 5.96. The standard InChI is InChI=1S/C13H10FNOS2/c1-2-7-15-12(16)11(18-13(15)17)8-9-3-5-10(14)6-4-9/h2-6,8H,1,7H2/b11-8+. The second kappa shape index (κ2) is 5.46. The molecule has 0 unspecified atom stereocenters. The van der Waals surface area contributed by atoms with Gasteiger partial charge in [0.25, 0.3) is 5.91 Å². The van der Waals surface area contributed by atoms with Crippen molar-refractivity contribution in [3.63, 3.8) is 0 Å². The Morgan fingerprint density at radius 3 is 2.67 bits per heavy atom. The van der Waals surface area contributed by atoms with Crippen LogP contribution in [0.1, 0.15) is 5.56 Å². The summed E-state index contributed by atoms with van der Waals surface area (Å²) in [5.41, 5.74) is 0.774. The third-order valence-corrected chi connectivity index (χ3v) is 3.73. The van der Waals surface area contributed by atoms with Gasteiger partial charge in [-0.2, -0.15) is 0 Å². The van der Waals surface area contributed by atoms with Gasteiger partial charge in [0.05, 0.1) is 4.91 Å². The number of hydrogen-bond acceptors (Lipinski definition) is 3. The molecule has 1 saturated heterocycles. The maximum atomic E-state index is 12.8. The second-order valence-corrected chi connectivity index (χ2v) is 5.31. The average molecular weight is 279 g/mol. The minimum absolute atomic E-state index is 0.130. The highest BCUT2D eigenvalue weighted by molar-refractivity contribution is 8.26. The third kappa shape index (κ3) is 2.68. The molecule has 0 N–H and O–H groups in total. The van der Waals surface area contributed by atoms with Gasteiger partial charge in [0.2, 0.25) is 0 Å². The first-order valence-corrected chi connectivity index (χ1v) is 6.46. The van der Waals surface area contributed by atoms with Gasteiger partial charge >= 0.3 is 0 Å². The third-order valence-electron chi connectivity index (χ3n) is 2.35. The molecule has 92 valence electrons. The van der Waals surface area contributed by atoms with Crippen LogP contribution in [0.2, 0.25) is 0 Å². The molecule has 0 radical (unpaired) electrons. The fourth-order valence-corrected chi connectivity index (χ4v) is 2.77. The molecule has 2 nitrogen and oxygen atoms in total. The molecule has 0 bridgehead atoms. The van der Waals surface area contributed by atoms with Gasteiger partial charge in [0, 0.05) is 6.54 Å². The number of amides is 1. The van der Waals surface area contributed by atoms with Crippen molar-refractivity contribution in [3.05, 3.63) is 53.2 Å². The molecule has 0 aromatic heterocycles. The van der Waals surface area contributed by atoms with Crippen LogP contribution in [0.25, 0.3) is 6.08 Å². The summed E-state index contributed by atoms with van der Waals surface area (Å²) in [4.78, 5) is 14.0. The lowest BCUT2D eigenvalue weighted by molar-refractivity contribution is -0.121. The van der Waals surface area contributed by atoms with E-state index >= 15 is 0 Å². The number of hydrogen-bond donors (Lipinski definition) is 0. The summed E-state index contributed by atoms with van der Waals surface area (Å²) >= 11 is 6.36. The Balaban J connectivity index is 2.24. The molecule has 0 spiro atoms. The van der Waals surface area contributed by atoms with Gasteiger partial charge in [-0.25, -0.2) is 4.39 Å². The van der Waals surface area contributed by atoms with Crippen LogP contribution in [0.5, 0.6) is 0 Å². The number of thioether (sulfide) groups is 1. The van der Waals surface area contributed by atoms with E-state index in [0.717, 1.165) is 5.56 Å². The van der Waals surface area contributed by atoms with Gasteiger partial charge in [0.15, 0.2) is 0 Å². The molecule has 1 fully saturated rings. The summed E-state index contributed by atoms with van der Waals surface area (Å²) in [6.07, 6.45) is 3.34. The van der Waals surface area contributed by atoms with Gasteiger partial charge in [0.1, 0.15) is 10.1 Å². The molecule has 0 atom stereocenters. The van der Waals surface area contributed by atoms with Gasteiger partial charge in [-0.1, -0.05) is 42.2 Å². The number of thiocarbonyl (C=S) groups is 1. The van der Waals surface area contributed by atoms with Crippen LogP contribution in [0.15, 0.2) is 41.8 Å². The summed E-state index contributed by atoms with van der Waals surface area (Å²) in [5, 5.41) is 0. The molecule has 5 heteroatoms. The molecule has 18 heavy (non-hydrogen) atoms. The van der Waals surface area contributed by atoms with Crippen LogP contribution >= 0.6 is 24.0 Å². The Morgan fingerprint density at radius 2 is 2.06 bits per heavy atom. The molecule has 0 saturated carbocycles. The van der Waals surface area contributed by atoms with Crippen molar-refractivity contribution in [2.45, 2.75) is 0 Å². The smallest absolute Gasteiger partial charge is 0.266 e. The topological polar surface area (TPSA) is 20.3 Å². The van der Waals surface area contributed by atoms with Crippen molar-refractivity contribution in [1.82, 2.24) is 4.90 Å². The van der Waals surface area contributed by atoms with Crippen LogP contribution in [0, 0.1) is 5.82 Å². The normalized spacial score (nSPS) is 17.6. The lowest BCUT2D eigenvalue weighted by Crippen LogP contribution is -2.27. The van der Waals surface area contributed by atoms with Crippen molar-refractivity contribution >= 4 is 40.3 Å². The maximum Gasteiger partial charge on any atom is 0.266 e. The number of carbonyl (C=O) groups excluding carboxylic acids is 1. The fourth-order valence-electron chi connectivity index (χ4n) is 1.50. The summed E-state index contributed by atoms with van der Waals surface area (Å²) in [5.74, 6) is -0.430. The van der Waals surface area contributed by atoms with E-state index in [1.54, 1.807) is 24.3 Å². The van der Waals surface area contributed by atoms with Crippen molar-refractivity contribution < 1.29 is 9.18 Å². The van der Waals surface area contributed by atoms with Gasteiger partial charge < -0.3 is 0 Å². The average Bonchev–Trinajstić information content (AvgIpc) is 2.60. The first-order chi connectivity index (χ1) is 8.61. The molecule has 1 aliphatic heterocycles. The molecular weight excluding hydrogens is 269 g/mol. The highest BCUT2D eigenvalue weighted by Crippen LogP contribution is 2.32. The van der Waals surface area contributed by atoms with Crippen molar-refractivity contribution in [2.75, 3.05) is 6.54 Å². The Kier molecular flexibility index (Phi) is 3.93. The number of nitrogens with zero attached hydrogens (tertiary/aromatic N) is 1. The van der Waals surface area contributed by atoms with Gasteiger partial charge in [-0.05, 0) is 23.8 Å². The van der Waals surface area contributed by atoms with Gasteiger partial charge in [-0.3, -0.25) is 9.69 Å². The predicted molar refractivity (Wildman–Crippen MR) is 76.5 cm³/mol. The van der Waals surface area contributed by atoms with E-state index in [-0.39, 0.29) is 11.7 Å². The second-order valence-electron chi connectivity index (χ2n) is 3.63. The fraction of sp³-hybridized carbons (Fsp3) is 0.0769. The zero-order valence-electron chi connectivity index (χ0n) is 9.43. The number of halogens is 1. The zero-order chi connectivity index (χ0) is 13.1. The molecule has 1 aromatic rings. The van der Waals surface area contributed by atoms with E-state index in [0.29, 0.717) is 15.8 Å². The summed E-state index contributed by atoms with van der Waals surface area (Å²) in [7, 11) is 0. The largest absolute Gasteiger partial charge is 0.289 e. The first-order valence-electron chi connectivity index (χ1n) is 5.23. The van der Waals surface area contributed by atoms with Crippen molar-refractivity contribution in [3.8, 4) is 0 Å². The number of carbonyl (C=O) groups is 1. The molecule has 1 aromatic carbocycles. The Labute approximate surface area is 114 Å². The Morgan fingerprint density at radius 1 is 1.39 bits per heavy atom. The summed E-state index contributed by atoms with van der Waals surface area (Å²) < 4.78 is 13.3. The molecular formula is C13H10FNOS2. The first kappa shape index (κ1) is 13.0.